The maximum absolute atomic E-state index is 4.49. The highest BCUT2D eigenvalue weighted by Crippen LogP contribution is 2.18. The average molecular weight is 195 g/mol. The minimum Gasteiger partial charge on any atom is -0.337 e. The lowest BCUT2D eigenvalue weighted by molar-refractivity contribution is 1.33. The van der Waals surface area contributed by atoms with Crippen molar-refractivity contribution in [2.75, 3.05) is 0 Å². The summed E-state index contributed by atoms with van der Waals surface area (Å²) >= 11 is 0. The van der Waals surface area contributed by atoms with Gasteiger partial charge in [0.05, 0.1) is 17.2 Å². The van der Waals surface area contributed by atoms with Crippen LogP contribution < -0.4 is 0 Å². The highest BCUT2D eigenvalue weighted by atomic mass is 14.9. The van der Waals surface area contributed by atoms with Gasteiger partial charge in [-0.05, 0) is 6.07 Å². The van der Waals surface area contributed by atoms with E-state index in [-0.39, 0.29) is 0 Å². The fourth-order valence-electron chi connectivity index (χ4n) is 1.59. The molecule has 0 atom stereocenters. The van der Waals surface area contributed by atoms with Gasteiger partial charge < -0.3 is 4.98 Å². The molecule has 2 aromatic heterocycles. The Morgan fingerprint density at radius 1 is 1.00 bits per heavy atom. The molecule has 3 nitrogen and oxygen atoms in total. The molecule has 0 fully saturated rings. The van der Waals surface area contributed by atoms with Crippen LogP contribution in [0.1, 0.15) is 0 Å². The largest absolute Gasteiger partial charge is 0.337 e. The van der Waals surface area contributed by atoms with Gasteiger partial charge in [0.25, 0.3) is 0 Å². The van der Waals surface area contributed by atoms with Gasteiger partial charge in [-0.25, -0.2) is 4.98 Å². The van der Waals surface area contributed by atoms with Gasteiger partial charge in [0.2, 0.25) is 0 Å². The Labute approximate surface area is 86.8 Å². The summed E-state index contributed by atoms with van der Waals surface area (Å²) in [6, 6.07) is 12.0. The van der Waals surface area contributed by atoms with E-state index in [2.05, 4.69) is 15.0 Å². The van der Waals surface area contributed by atoms with Gasteiger partial charge in [-0.15, -0.1) is 0 Å². The first-order valence-corrected chi connectivity index (χ1v) is 4.78. The maximum atomic E-state index is 4.49. The summed E-state index contributed by atoms with van der Waals surface area (Å²) in [6.45, 7) is 0. The van der Waals surface area contributed by atoms with Crippen molar-refractivity contribution in [2.24, 2.45) is 0 Å². The molecular formula is C12H9N3. The second-order valence-corrected chi connectivity index (χ2v) is 3.34. The van der Waals surface area contributed by atoms with Gasteiger partial charge in [-0.2, -0.15) is 0 Å². The molecule has 0 aliphatic rings. The van der Waals surface area contributed by atoms with Crippen molar-refractivity contribution in [3.8, 4) is 11.4 Å². The van der Waals surface area contributed by atoms with E-state index in [1.165, 1.54) is 0 Å². The van der Waals surface area contributed by atoms with Gasteiger partial charge in [-0.3, -0.25) is 4.98 Å². The first kappa shape index (κ1) is 8.17. The van der Waals surface area contributed by atoms with E-state index in [9.17, 15) is 0 Å². The number of nitrogens with zero attached hydrogens (tertiary/aromatic N) is 2. The number of aromatic amines is 1. The van der Waals surface area contributed by atoms with Crippen molar-refractivity contribution in [3.63, 3.8) is 0 Å². The quantitative estimate of drug-likeness (QED) is 0.648. The van der Waals surface area contributed by atoms with Crippen molar-refractivity contribution in [1.29, 1.82) is 0 Å². The Balaban J connectivity index is 2.21. The first-order chi connectivity index (χ1) is 7.43. The summed E-state index contributed by atoms with van der Waals surface area (Å²) in [5, 5.41) is 0. The van der Waals surface area contributed by atoms with Crippen LogP contribution in [0, 0.1) is 0 Å². The highest BCUT2D eigenvalue weighted by molar-refractivity contribution is 5.78. The van der Waals surface area contributed by atoms with Crippen molar-refractivity contribution < 1.29 is 0 Å². The molecule has 2 heterocycles. The molecule has 1 aromatic carbocycles. The van der Waals surface area contributed by atoms with Gasteiger partial charge >= 0.3 is 0 Å². The molecule has 3 aromatic rings. The highest BCUT2D eigenvalue weighted by Gasteiger charge is 2.03. The molecule has 3 rings (SSSR count). The molecule has 0 amide bonds. The summed E-state index contributed by atoms with van der Waals surface area (Å²) in [4.78, 5) is 11.8. The van der Waals surface area contributed by atoms with E-state index < -0.39 is 0 Å². The van der Waals surface area contributed by atoms with Crippen LogP contribution in [0.25, 0.3) is 22.4 Å². The lowest BCUT2D eigenvalue weighted by Gasteiger charge is -1.93. The Morgan fingerprint density at radius 3 is 2.67 bits per heavy atom. The number of hydrogen-bond donors (Lipinski definition) is 1. The number of benzene rings is 1. The molecule has 3 heteroatoms. The molecule has 15 heavy (non-hydrogen) atoms. The normalized spacial score (nSPS) is 10.7. The number of imidazole rings is 1. The maximum Gasteiger partial charge on any atom is 0.138 e. The van der Waals surface area contributed by atoms with Crippen LogP contribution >= 0.6 is 0 Å². The summed E-state index contributed by atoms with van der Waals surface area (Å²) in [6.07, 6.45) is 3.53. The molecule has 0 aliphatic heterocycles. The third kappa shape index (κ3) is 1.38. The zero-order valence-corrected chi connectivity index (χ0v) is 8.01. The van der Waals surface area contributed by atoms with Crippen molar-refractivity contribution >= 4 is 11.0 Å². The Morgan fingerprint density at radius 2 is 1.87 bits per heavy atom. The van der Waals surface area contributed by atoms with Crippen LogP contribution in [-0.4, -0.2) is 15.0 Å². The average Bonchev–Trinajstić information content (AvgIpc) is 2.74. The molecule has 1 N–H and O–H groups in total. The lowest BCUT2D eigenvalue weighted by Crippen LogP contribution is -1.77. The number of nitrogens with one attached hydrogen (secondary N) is 1. The Bertz CT molecular complexity index is 551. The third-order valence-corrected chi connectivity index (χ3v) is 2.33. The van der Waals surface area contributed by atoms with Gasteiger partial charge in [0.1, 0.15) is 5.82 Å². The molecule has 0 spiro atoms. The van der Waals surface area contributed by atoms with Crippen LogP contribution in [0.4, 0.5) is 0 Å². The monoisotopic (exact) mass is 195 g/mol. The standard InChI is InChI=1S/C12H9N3/c1-2-4-9(5-3-1)12-14-10-6-7-13-8-11(10)15-12/h1-8H,(H,14,15). The topological polar surface area (TPSA) is 41.6 Å². The summed E-state index contributed by atoms with van der Waals surface area (Å²) in [7, 11) is 0. The molecular weight excluding hydrogens is 186 g/mol. The second-order valence-electron chi connectivity index (χ2n) is 3.34. The van der Waals surface area contributed by atoms with Crippen molar-refractivity contribution in [1.82, 2.24) is 15.0 Å². The minimum atomic E-state index is 0.888. The number of rotatable bonds is 1. The fraction of sp³-hybridized carbons (Fsp3) is 0. The summed E-state index contributed by atoms with van der Waals surface area (Å²) in [5.41, 5.74) is 3.01. The Kier molecular flexibility index (Phi) is 1.75. The van der Waals surface area contributed by atoms with E-state index >= 15 is 0 Å². The number of pyridine rings is 1. The van der Waals surface area contributed by atoms with Crippen molar-refractivity contribution in [2.45, 2.75) is 0 Å². The number of aromatic nitrogens is 3. The molecule has 0 saturated heterocycles. The second kappa shape index (κ2) is 3.20. The third-order valence-electron chi connectivity index (χ3n) is 2.33. The molecule has 72 valence electrons. The van der Waals surface area contributed by atoms with Gasteiger partial charge in [0.15, 0.2) is 0 Å². The summed E-state index contributed by atoms with van der Waals surface area (Å²) in [5.74, 6) is 0.888. The van der Waals surface area contributed by atoms with Crippen LogP contribution in [0.2, 0.25) is 0 Å². The molecule has 0 bridgehead atoms. The van der Waals surface area contributed by atoms with Gasteiger partial charge in [-0.1, -0.05) is 30.3 Å². The zero-order valence-electron chi connectivity index (χ0n) is 8.01. The molecule has 0 radical (unpaired) electrons. The van der Waals surface area contributed by atoms with Crippen LogP contribution in [0.15, 0.2) is 48.8 Å². The fourth-order valence-corrected chi connectivity index (χ4v) is 1.59. The van der Waals surface area contributed by atoms with E-state index in [1.54, 1.807) is 12.4 Å². The molecule has 0 unspecified atom stereocenters. The number of H-pyrrole nitrogens is 1. The minimum absolute atomic E-state index is 0.888. The number of hydrogen-bond acceptors (Lipinski definition) is 2. The van der Waals surface area contributed by atoms with Crippen LogP contribution in [-0.2, 0) is 0 Å². The predicted molar refractivity (Wildman–Crippen MR) is 59.3 cm³/mol. The summed E-state index contributed by atoms with van der Waals surface area (Å²) < 4.78 is 0. The van der Waals surface area contributed by atoms with E-state index in [0.717, 1.165) is 22.4 Å². The predicted octanol–water partition coefficient (Wildman–Crippen LogP) is 2.62. The van der Waals surface area contributed by atoms with Crippen LogP contribution in [0.3, 0.4) is 0 Å². The number of fused-ring (bicyclic) bond motifs is 1. The van der Waals surface area contributed by atoms with Crippen molar-refractivity contribution in [3.05, 3.63) is 48.8 Å². The zero-order chi connectivity index (χ0) is 10.1. The molecule has 0 saturated carbocycles. The van der Waals surface area contributed by atoms with Gasteiger partial charge in [0, 0.05) is 11.8 Å². The molecule has 0 aliphatic carbocycles. The Hall–Kier alpha value is -2.16. The van der Waals surface area contributed by atoms with Crippen LogP contribution in [0.5, 0.6) is 0 Å². The van der Waals surface area contributed by atoms with E-state index in [0.29, 0.717) is 0 Å². The lowest BCUT2D eigenvalue weighted by atomic mass is 10.2. The smallest absolute Gasteiger partial charge is 0.138 e. The van der Waals surface area contributed by atoms with E-state index in [1.807, 2.05) is 36.4 Å². The SMILES string of the molecule is c1ccc(-c2nc3ccncc3[nH]2)cc1. The first-order valence-electron chi connectivity index (χ1n) is 4.78. The van der Waals surface area contributed by atoms with E-state index in [4.69, 9.17) is 0 Å².